The van der Waals surface area contributed by atoms with Gasteiger partial charge >= 0.3 is 0 Å². The zero-order valence-corrected chi connectivity index (χ0v) is 12.7. The summed E-state index contributed by atoms with van der Waals surface area (Å²) in [4.78, 5) is 5.63. The van der Waals surface area contributed by atoms with Crippen molar-refractivity contribution >= 4 is 32.8 Å². The highest BCUT2D eigenvalue weighted by molar-refractivity contribution is 7.22. The smallest absolute Gasteiger partial charge is 0.0659 e. The van der Waals surface area contributed by atoms with Crippen molar-refractivity contribution < 1.29 is 0 Å². The summed E-state index contributed by atoms with van der Waals surface area (Å²) in [6, 6.07) is 22.9. The van der Waals surface area contributed by atoms with Crippen molar-refractivity contribution in [1.29, 1.82) is 0 Å². The molecule has 4 aromatic rings. The van der Waals surface area contributed by atoms with Crippen LogP contribution in [0.4, 0.5) is 11.4 Å². The Balaban J connectivity index is 1.78. The van der Waals surface area contributed by atoms with E-state index in [0.29, 0.717) is 0 Å². The average molecular weight is 302 g/mol. The molecule has 0 aliphatic carbocycles. The molecule has 1 N–H and O–H groups in total. The molecular weight excluding hydrogens is 288 g/mol. The highest BCUT2D eigenvalue weighted by Crippen LogP contribution is 2.37. The number of anilines is 2. The Morgan fingerprint density at radius 2 is 1.55 bits per heavy atom. The molecule has 0 spiro atoms. The van der Waals surface area contributed by atoms with Crippen LogP contribution in [0.25, 0.3) is 20.5 Å². The van der Waals surface area contributed by atoms with E-state index < -0.39 is 0 Å². The van der Waals surface area contributed by atoms with Gasteiger partial charge in [0, 0.05) is 22.1 Å². The number of para-hydroxylation sites is 1. The normalized spacial score (nSPS) is 10.7. The molecule has 0 fully saturated rings. The molecule has 0 aliphatic rings. The fourth-order valence-corrected chi connectivity index (χ4v) is 3.54. The molecule has 0 aliphatic heterocycles. The molecule has 0 atom stereocenters. The molecule has 0 amide bonds. The summed E-state index contributed by atoms with van der Waals surface area (Å²) in [5.41, 5.74) is 3.36. The molecule has 2 heterocycles. The van der Waals surface area contributed by atoms with Gasteiger partial charge < -0.3 is 5.32 Å². The molecule has 2 nitrogen and oxygen atoms in total. The third-order valence-corrected chi connectivity index (χ3v) is 4.68. The lowest BCUT2D eigenvalue weighted by Gasteiger charge is -2.06. The van der Waals surface area contributed by atoms with Crippen molar-refractivity contribution in [1.82, 2.24) is 4.98 Å². The van der Waals surface area contributed by atoms with Crippen LogP contribution in [0.5, 0.6) is 0 Å². The Morgan fingerprint density at radius 3 is 2.32 bits per heavy atom. The number of pyridine rings is 1. The minimum atomic E-state index is 1.04. The lowest BCUT2D eigenvalue weighted by Crippen LogP contribution is -1.90. The topological polar surface area (TPSA) is 24.9 Å². The molecule has 0 bridgehead atoms. The maximum atomic E-state index is 4.36. The summed E-state index contributed by atoms with van der Waals surface area (Å²) in [5, 5.41) is 4.67. The van der Waals surface area contributed by atoms with E-state index in [9.17, 15) is 0 Å². The molecule has 0 unspecified atom stereocenters. The predicted molar refractivity (Wildman–Crippen MR) is 94.8 cm³/mol. The van der Waals surface area contributed by atoms with Crippen LogP contribution >= 0.6 is 11.3 Å². The fourth-order valence-electron chi connectivity index (χ4n) is 2.48. The molecule has 4 rings (SSSR count). The number of thiophene rings is 1. The summed E-state index contributed by atoms with van der Waals surface area (Å²) in [6.45, 7) is 0. The molecule has 2 aromatic heterocycles. The number of nitrogens with zero attached hydrogens (tertiary/aromatic N) is 1. The maximum absolute atomic E-state index is 4.36. The standard InChI is InChI=1S/C19H14N2S/c1-3-7-14(8-4-1)18-11-16-17(12-20-13-19(16)22-18)21-15-9-5-2-6-10-15/h1-13,21H. The first-order chi connectivity index (χ1) is 10.9. The van der Waals surface area contributed by atoms with Crippen LogP contribution in [0.15, 0.2) is 79.1 Å². The van der Waals surface area contributed by atoms with Crippen molar-refractivity contribution in [2.24, 2.45) is 0 Å². The minimum absolute atomic E-state index is 1.04. The Morgan fingerprint density at radius 1 is 0.818 bits per heavy atom. The fraction of sp³-hybridized carbons (Fsp3) is 0. The first-order valence-corrected chi connectivity index (χ1v) is 7.97. The number of fused-ring (bicyclic) bond motifs is 1. The summed E-state index contributed by atoms with van der Waals surface area (Å²) >= 11 is 1.77. The van der Waals surface area contributed by atoms with Crippen LogP contribution < -0.4 is 5.32 Å². The van der Waals surface area contributed by atoms with Gasteiger partial charge in [-0.1, -0.05) is 48.5 Å². The van der Waals surface area contributed by atoms with Gasteiger partial charge in [-0.05, 0) is 23.8 Å². The minimum Gasteiger partial charge on any atom is -0.354 e. The second-order valence-corrected chi connectivity index (χ2v) is 6.15. The van der Waals surface area contributed by atoms with Crippen molar-refractivity contribution in [3.63, 3.8) is 0 Å². The van der Waals surface area contributed by atoms with Gasteiger partial charge in [0.15, 0.2) is 0 Å². The van der Waals surface area contributed by atoms with E-state index >= 15 is 0 Å². The molecule has 106 valence electrons. The third-order valence-electron chi connectivity index (χ3n) is 3.56. The van der Waals surface area contributed by atoms with Gasteiger partial charge in [-0.2, -0.15) is 0 Å². The first kappa shape index (κ1) is 13.0. The van der Waals surface area contributed by atoms with Gasteiger partial charge in [-0.25, -0.2) is 0 Å². The van der Waals surface area contributed by atoms with Gasteiger partial charge in [0.1, 0.15) is 0 Å². The molecule has 22 heavy (non-hydrogen) atoms. The number of rotatable bonds is 3. The van der Waals surface area contributed by atoms with E-state index in [4.69, 9.17) is 0 Å². The third kappa shape index (κ3) is 2.47. The van der Waals surface area contributed by atoms with Crippen molar-refractivity contribution in [3.05, 3.63) is 79.1 Å². The highest BCUT2D eigenvalue weighted by Gasteiger charge is 2.08. The maximum Gasteiger partial charge on any atom is 0.0659 e. The SMILES string of the molecule is c1ccc(Nc2cncc3sc(-c4ccccc4)cc23)cc1. The lowest BCUT2D eigenvalue weighted by atomic mass is 10.1. The summed E-state index contributed by atoms with van der Waals surface area (Å²) in [7, 11) is 0. The lowest BCUT2D eigenvalue weighted by molar-refractivity contribution is 1.36. The van der Waals surface area contributed by atoms with E-state index in [0.717, 1.165) is 11.4 Å². The second kappa shape index (κ2) is 5.62. The largest absolute Gasteiger partial charge is 0.354 e. The van der Waals surface area contributed by atoms with Gasteiger partial charge in [-0.3, -0.25) is 4.98 Å². The molecule has 0 radical (unpaired) electrons. The van der Waals surface area contributed by atoms with Gasteiger partial charge in [0.05, 0.1) is 16.6 Å². The van der Waals surface area contributed by atoms with E-state index in [1.54, 1.807) is 11.3 Å². The Hall–Kier alpha value is -2.65. The van der Waals surface area contributed by atoms with Crippen LogP contribution in [0, 0.1) is 0 Å². The monoisotopic (exact) mass is 302 g/mol. The van der Waals surface area contributed by atoms with Gasteiger partial charge in [-0.15, -0.1) is 11.3 Å². The van der Waals surface area contributed by atoms with E-state index in [-0.39, 0.29) is 0 Å². The van der Waals surface area contributed by atoms with Crippen LogP contribution in [-0.2, 0) is 0 Å². The number of aromatic nitrogens is 1. The first-order valence-electron chi connectivity index (χ1n) is 7.15. The number of hydrogen-bond donors (Lipinski definition) is 1. The van der Waals surface area contributed by atoms with Crippen molar-refractivity contribution in [3.8, 4) is 10.4 Å². The Kier molecular flexibility index (Phi) is 3.33. The summed E-state index contributed by atoms with van der Waals surface area (Å²) in [5.74, 6) is 0. The van der Waals surface area contributed by atoms with E-state index in [1.807, 2.05) is 36.7 Å². The summed E-state index contributed by atoms with van der Waals surface area (Å²) < 4.78 is 1.19. The van der Waals surface area contributed by atoms with Crippen molar-refractivity contribution in [2.75, 3.05) is 5.32 Å². The van der Waals surface area contributed by atoms with Gasteiger partial charge in [0.25, 0.3) is 0 Å². The molecule has 0 saturated carbocycles. The molecule has 3 heteroatoms. The Labute approximate surface area is 133 Å². The van der Waals surface area contributed by atoms with E-state index in [2.05, 4.69) is 52.8 Å². The zero-order valence-electron chi connectivity index (χ0n) is 11.9. The van der Waals surface area contributed by atoms with Crippen LogP contribution in [-0.4, -0.2) is 4.98 Å². The van der Waals surface area contributed by atoms with Crippen LogP contribution in [0.1, 0.15) is 0 Å². The number of hydrogen-bond acceptors (Lipinski definition) is 3. The summed E-state index contributed by atoms with van der Waals surface area (Å²) in [6.07, 6.45) is 3.82. The predicted octanol–water partition coefficient (Wildman–Crippen LogP) is 5.71. The van der Waals surface area contributed by atoms with E-state index in [1.165, 1.54) is 20.5 Å². The number of nitrogens with one attached hydrogen (secondary N) is 1. The second-order valence-electron chi connectivity index (χ2n) is 5.07. The van der Waals surface area contributed by atoms with Crippen LogP contribution in [0.3, 0.4) is 0 Å². The Bertz CT molecular complexity index is 899. The number of benzene rings is 2. The molecule has 0 saturated heterocycles. The highest BCUT2D eigenvalue weighted by atomic mass is 32.1. The van der Waals surface area contributed by atoms with Crippen LogP contribution in [0.2, 0.25) is 0 Å². The molecular formula is C19H14N2S. The van der Waals surface area contributed by atoms with Crippen molar-refractivity contribution in [2.45, 2.75) is 0 Å². The molecule has 2 aromatic carbocycles. The quantitative estimate of drug-likeness (QED) is 0.524. The van der Waals surface area contributed by atoms with Gasteiger partial charge in [0.2, 0.25) is 0 Å². The average Bonchev–Trinajstić information content (AvgIpc) is 3.02. The zero-order chi connectivity index (χ0) is 14.8.